The fourth-order valence-electron chi connectivity index (χ4n) is 3.49. The minimum Gasteiger partial charge on any atom is -0.452 e. The van der Waals surface area contributed by atoms with Crippen LogP contribution in [0.4, 0.5) is 18.9 Å². The van der Waals surface area contributed by atoms with Crippen LogP contribution in [-0.2, 0) is 30.5 Å². The molecule has 0 aliphatic carbocycles. The first-order valence-corrected chi connectivity index (χ1v) is 11.7. The van der Waals surface area contributed by atoms with Crippen molar-refractivity contribution in [2.24, 2.45) is 5.92 Å². The van der Waals surface area contributed by atoms with Crippen LogP contribution in [0.3, 0.4) is 0 Å². The number of halogens is 3. The molecule has 0 bridgehead atoms. The molecular formula is C22H23F3N2O5S. The van der Waals surface area contributed by atoms with Crippen molar-refractivity contribution in [3.63, 3.8) is 0 Å². The highest BCUT2D eigenvalue weighted by atomic mass is 32.2. The number of sulfonamides is 1. The van der Waals surface area contributed by atoms with Gasteiger partial charge in [0, 0.05) is 18.8 Å². The van der Waals surface area contributed by atoms with Gasteiger partial charge >= 0.3 is 12.1 Å². The molecule has 0 radical (unpaired) electrons. The maximum Gasteiger partial charge on any atom is 0.417 e. The van der Waals surface area contributed by atoms with E-state index in [-0.39, 0.29) is 25.9 Å². The Kier molecular flexibility index (Phi) is 7.43. The summed E-state index contributed by atoms with van der Waals surface area (Å²) in [6.45, 7) is 1.14. The number of amides is 1. The van der Waals surface area contributed by atoms with Gasteiger partial charge in [0.05, 0.1) is 16.4 Å². The van der Waals surface area contributed by atoms with E-state index in [0.29, 0.717) is 5.69 Å². The average Bonchev–Trinajstić information content (AvgIpc) is 2.79. The molecule has 3 rings (SSSR count). The molecule has 7 nitrogen and oxygen atoms in total. The molecule has 0 aromatic heterocycles. The summed E-state index contributed by atoms with van der Waals surface area (Å²) in [5.41, 5.74) is -0.687. The minimum absolute atomic E-state index is 0.0687. The van der Waals surface area contributed by atoms with Crippen molar-refractivity contribution in [2.75, 3.05) is 18.4 Å². The Hall–Kier alpha value is -2.92. The van der Waals surface area contributed by atoms with Crippen LogP contribution in [0, 0.1) is 5.92 Å². The van der Waals surface area contributed by atoms with Gasteiger partial charge in [-0.15, -0.1) is 0 Å². The summed E-state index contributed by atoms with van der Waals surface area (Å²) in [4.78, 5) is 23.9. The molecule has 11 heteroatoms. The van der Waals surface area contributed by atoms with Crippen LogP contribution in [-0.4, -0.2) is 43.8 Å². The van der Waals surface area contributed by atoms with Crippen LogP contribution in [0.5, 0.6) is 0 Å². The lowest BCUT2D eigenvalue weighted by molar-refractivity contribution is -0.158. The monoisotopic (exact) mass is 484 g/mol. The first-order valence-electron chi connectivity index (χ1n) is 10.2. The third kappa shape index (κ3) is 5.91. The number of para-hydroxylation sites is 1. The smallest absolute Gasteiger partial charge is 0.417 e. The standard InChI is InChI=1S/C22H23F3N2O5S/c1-15(20(28)26-17-7-3-2-4-8-17)32-21(29)16-11-13-27(14-12-16)33(30,31)19-10-6-5-9-18(19)22(23,24)25/h2-10,15-16H,11-14H2,1H3,(H,26,28)/t15-/m1/s1. The van der Waals surface area contributed by atoms with Crippen LogP contribution in [0.15, 0.2) is 59.5 Å². The van der Waals surface area contributed by atoms with Crippen molar-refractivity contribution in [3.05, 3.63) is 60.2 Å². The van der Waals surface area contributed by atoms with Gasteiger partial charge in [-0.3, -0.25) is 9.59 Å². The highest BCUT2D eigenvalue weighted by molar-refractivity contribution is 7.89. The molecule has 1 N–H and O–H groups in total. The summed E-state index contributed by atoms with van der Waals surface area (Å²) in [6, 6.07) is 12.6. The van der Waals surface area contributed by atoms with E-state index in [2.05, 4.69) is 5.32 Å². The topological polar surface area (TPSA) is 92.8 Å². The van der Waals surface area contributed by atoms with Crippen molar-refractivity contribution >= 4 is 27.6 Å². The van der Waals surface area contributed by atoms with Crippen LogP contribution in [0.2, 0.25) is 0 Å². The number of hydrogen-bond acceptors (Lipinski definition) is 5. The summed E-state index contributed by atoms with van der Waals surface area (Å²) in [6.07, 6.45) is -5.75. The molecule has 1 heterocycles. The minimum atomic E-state index is -4.82. The number of ether oxygens (including phenoxy) is 1. The van der Waals surface area contributed by atoms with Gasteiger partial charge in [0.2, 0.25) is 10.0 Å². The molecule has 1 aliphatic rings. The Morgan fingerprint density at radius 1 is 1.03 bits per heavy atom. The van der Waals surface area contributed by atoms with E-state index in [1.165, 1.54) is 13.0 Å². The van der Waals surface area contributed by atoms with Gasteiger partial charge in [-0.05, 0) is 44.0 Å². The van der Waals surface area contributed by atoms with Crippen LogP contribution in [0.25, 0.3) is 0 Å². The molecule has 1 amide bonds. The number of hydrogen-bond donors (Lipinski definition) is 1. The number of nitrogens with zero attached hydrogens (tertiary/aromatic N) is 1. The zero-order chi connectivity index (χ0) is 24.2. The molecule has 1 fully saturated rings. The van der Waals surface area contributed by atoms with E-state index in [1.807, 2.05) is 0 Å². The molecule has 1 saturated heterocycles. The molecule has 2 aromatic rings. The Labute approximate surface area is 189 Å². The Balaban J connectivity index is 1.59. The summed E-state index contributed by atoms with van der Waals surface area (Å²) >= 11 is 0. The molecule has 1 atom stereocenters. The van der Waals surface area contributed by atoms with Gasteiger partial charge in [0.1, 0.15) is 0 Å². The predicted octanol–water partition coefficient (Wildman–Crippen LogP) is 3.68. The van der Waals surface area contributed by atoms with Crippen molar-refractivity contribution in [2.45, 2.75) is 36.9 Å². The van der Waals surface area contributed by atoms with E-state index in [4.69, 9.17) is 4.74 Å². The number of carbonyl (C=O) groups is 2. The maximum atomic E-state index is 13.3. The highest BCUT2D eigenvalue weighted by Crippen LogP contribution is 2.36. The third-order valence-corrected chi connectivity index (χ3v) is 7.26. The SMILES string of the molecule is C[C@@H](OC(=O)C1CCN(S(=O)(=O)c2ccccc2C(F)(F)F)CC1)C(=O)Nc1ccccc1. The number of esters is 1. The Bertz CT molecular complexity index is 1100. The summed E-state index contributed by atoms with van der Waals surface area (Å²) < 4.78 is 71.6. The molecule has 0 saturated carbocycles. The fraction of sp³-hybridized carbons (Fsp3) is 0.364. The van der Waals surface area contributed by atoms with E-state index in [0.717, 1.165) is 22.5 Å². The predicted molar refractivity (Wildman–Crippen MR) is 114 cm³/mol. The Morgan fingerprint density at radius 3 is 2.21 bits per heavy atom. The van der Waals surface area contributed by atoms with E-state index in [1.54, 1.807) is 30.3 Å². The molecular weight excluding hydrogens is 461 g/mol. The van der Waals surface area contributed by atoms with Crippen LogP contribution < -0.4 is 5.32 Å². The first kappa shape index (κ1) is 24.7. The van der Waals surface area contributed by atoms with E-state index < -0.39 is 50.6 Å². The zero-order valence-electron chi connectivity index (χ0n) is 17.7. The first-order chi connectivity index (χ1) is 15.5. The van der Waals surface area contributed by atoms with Crippen molar-refractivity contribution in [1.82, 2.24) is 4.31 Å². The number of carbonyl (C=O) groups excluding carboxylic acids is 2. The molecule has 178 valence electrons. The summed E-state index contributed by atoms with van der Waals surface area (Å²) in [5, 5.41) is 2.62. The zero-order valence-corrected chi connectivity index (χ0v) is 18.5. The van der Waals surface area contributed by atoms with Gasteiger partial charge in [-0.2, -0.15) is 17.5 Å². The second-order valence-corrected chi connectivity index (χ2v) is 9.51. The van der Waals surface area contributed by atoms with Gasteiger partial charge in [0.25, 0.3) is 5.91 Å². The lowest BCUT2D eigenvalue weighted by atomic mass is 9.98. The quantitative estimate of drug-likeness (QED) is 0.632. The number of rotatable bonds is 6. The number of benzene rings is 2. The van der Waals surface area contributed by atoms with Crippen molar-refractivity contribution in [3.8, 4) is 0 Å². The van der Waals surface area contributed by atoms with E-state index in [9.17, 15) is 31.2 Å². The van der Waals surface area contributed by atoms with Gasteiger partial charge in [0.15, 0.2) is 6.10 Å². The van der Waals surface area contributed by atoms with Gasteiger partial charge in [-0.25, -0.2) is 8.42 Å². The lowest BCUT2D eigenvalue weighted by Gasteiger charge is -2.31. The average molecular weight is 484 g/mol. The number of nitrogens with one attached hydrogen (secondary N) is 1. The second-order valence-electron chi connectivity index (χ2n) is 7.61. The molecule has 2 aromatic carbocycles. The summed E-state index contributed by atoms with van der Waals surface area (Å²) in [5.74, 6) is -1.84. The molecule has 1 aliphatic heterocycles. The number of alkyl halides is 3. The Morgan fingerprint density at radius 2 is 1.61 bits per heavy atom. The van der Waals surface area contributed by atoms with Gasteiger partial charge < -0.3 is 10.1 Å². The third-order valence-electron chi connectivity index (χ3n) is 5.30. The second kappa shape index (κ2) is 9.92. The largest absolute Gasteiger partial charge is 0.452 e. The lowest BCUT2D eigenvalue weighted by Crippen LogP contribution is -2.42. The molecule has 0 unspecified atom stereocenters. The molecule has 33 heavy (non-hydrogen) atoms. The van der Waals surface area contributed by atoms with Crippen molar-refractivity contribution in [1.29, 1.82) is 0 Å². The van der Waals surface area contributed by atoms with Gasteiger partial charge in [-0.1, -0.05) is 30.3 Å². The van der Waals surface area contributed by atoms with Crippen LogP contribution in [0.1, 0.15) is 25.3 Å². The summed E-state index contributed by atoms with van der Waals surface area (Å²) in [7, 11) is -4.40. The number of anilines is 1. The number of piperidine rings is 1. The van der Waals surface area contributed by atoms with Crippen LogP contribution >= 0.6 is 0 Å². The fourth-order valence-corrected chi connectivity index (χ4v) is 5.17. The van der Waals surface area contributed by atoms with E-state index >= 15 is 0 Å². The van der Waals surface area contributed by atoms with Crippen molar-refractivity contribution < 1.29 is 35.9 Å². The highest BCUT2D eigenvalue weighted by Gasteiger charge is 2.40. The normalized spacial score (nSPS) is 16.7. The maximum absolute atomic E-state index is 13.3. The molecule has 0 spiro atoms.